The summed E-state index contributed by atoms with van der Waals surface area (Å²) in [4.78, 5) is 29.2. The van der Waals surface area contributed by atoms with Crippen molar-refractivity contribution in [3.05, 3.63) is 54.2 Å². The van der Waals surface area contributed by atoms with Crippen molar-refractivity contribution in [2.75, 3.05) is 39.8 Å². The molecule has 8 nitrogen and oxygen atoms in total. The van der Waals surface area contributed by atoms with Gasteiger partial charge in [0.1, 0.15) is 17.0 Å². The summed E-state index contributed by atoms with van der Waals surface area (Å²) >= 11 is 0. The van der Waals surface area contributed by atoms with Crippen molar-refractivity contribution in [2.24, 2.45) is 0 Å². The zero-order chi connectivity index (χ0) is 22.9. The van der Waals surface area contributed by atoms with E-state index in [2.05, 4.69) is 43.2 Å². The Balaban J connectivity index is 1.45. The van der Waals surface area contributed by atoms with Crippen LogP contribution in [-0.4, -0.2) is 81.3 Å². The van der Waals surface area contributed by atoms with E-state index in [1.54, 1.807) is 16.7 Å². The molecule has 1 amide bonds. The number of nitrogens with one attached hydrogen (secondary N) is 2. The Bertz CT molecular complexity index is 1290. The Morgan fingerprint density at radius 1 is 1.18 bits per heavy atom. The van der Waals surface area contributed by atoms with Crippen LogP contribution in [0.1, 0.15) is 16.1 Å². The van der Waals surface area contributed by atoms with Crippen LogP contribution in [0.4, 0.5) is 8.78 Å². The Labute approximate surface area is 189 Å². The quantitative estimate of drug-likeness (QED) is 0.469. The van der Waals surface area contributed by atoms with E-state index in [0.717, 1.165) is 60.4 Å². The second-order valence-corrected chi connectivity index (χ2v) is 8.41. The molecule has 172 valence electrons. The molecule has 0 aromatic carbocycles. The largest absolute Gasteiger partial charge is 0.346 e. The summed E-state index contributed by atoms with van der Waals surface area (Å²) in [6.45, 7) is 4.32. The number of likely N-dealkylation sites (N-methyl/N-ethyl adjacent to an activating group) is 1. The molecule has 10 heteroatoms. The minimum Gasteiger partial charge on any atom is -0.346 e. The number of rotatable bonds is 6. The number of aromatic amines is 1. The molecule has 0 bridgehead atoms. The number of carbonyl (C=O) groups excluding carboxylic acids is 1. The molecule has 4 aromatic heterocycles. The number of H-pyrrole nitrogens is 1. The highest BCUT2D eigenvalue weighted by atomic mass is 19.3. The molecule has 0 atom stereocenters. The summed E-state index contributed by atoms with van der Waals surface area (Å²) in [5.41, 5.74) is 4.52. The fourth-order valence-electron chi connectivity index (χ4n) is 4.20. The lowest BCUT2D eigenvalue weighted by atomic mass is 10.1. The van der Waals surface area contributed by atoms with Gasteiger partial charge < -0.3 is 15.2 Å². The van der Waals surface area contributed by atoms with Crippen molar-refractivity contribution in [1.82, 2.24) is 34.5 Å². The van der Waals surface area contributed by atoms with E-state index in [0.29, 0.717) is 5.65 Å². The minimum atomic E-state index is -2.61. The highest BCUT2D eigenvalue weighted by molar-refractivity contribution is 5.95. The number of fused-ring (bicyclic) bond motifs is 2. The van der Waals surface area contributed by atoms with Crippen LogP contribution < -0.4 is 5.32 Å². The van der Waals surface area contributed by atoms with Crippen molar-refractivity contribution < 1.29 is 13.6 Å². The minimum absolute atomic E-state index is 0.209. The maximum Gasteiger partial charge on any atom is 0.270 e. The van der Waals surface area contributed by atoms with Crippen molar-refractivity contribution in [3.63, 3.8) is 0 Å². The Kier molecular flexibility index (Phi) is 5.77. The van der Waals surface area contributed by atoms with Crippen molar-refractivity contribution in [3.8, 4) is 11.1 Å². The first kappa shape index (κ1) is 21.5. The van der Waals surface area contributed by atoms with Crippen LogP contribution in [0.5, 0.6) is 0 Å². The number of alkyl halides is 2. The van der Waals surface area contributed by atoms with Gasteiger partial charge in [0.25, 0.3) is 12.3 Å². The van der Waals surface area contributed by atoms with Gasteiger partial charge in [-0.1, -0.05) is 0 Å². The first-order valence-electron chi connectivity index (χ1n) is 10.9. The van der Waals surface area contributed by atoms with Crippen LogP contribution >= 0.6 is 0 Å². The average Bonchev–Trinajstić information content (AvgIpc) is 3.42. The summed E-state index contributed by atoms with van der Waals surface area (Å²) < 4.78 is 26.6. The highest BCUT2D eigenvalue weighted by Gasteiger charge is 2.17. The number of aromatic nitrogens is 4. The van der Waals surface area contributed by atoms with Gasteiger partial charge in [0.05, 0.1) is 12.7 Å². The molecular formula is C23H25F2N7O. The second-order valence-electron chi connectivity index (χ2n) is 8.41. The van der Waals surface area contributed by atoms with Gasteiger partial charge in [0.2, 0.25) is 0 Å². The van der Waals surface area contributed by atoms with Crippen molar-refractivity contribution in [2.45, 2.75) is 13.0 Å². The van der Waals surface area contributed by atoms with E-state index >= 15 is 0 Å². The highest BCUT2D eigenvalue weighted by Crippen LogP contribution is 2.29. The van der Waals surface area contributed by atoms with Crippen LogP contribution in [0.2, 0.25) is 0 Å². The molecule has 0 radical (unpaired) electrons. The van der Waals surface area contributed by atoms with Gasteiger partial charge in [0.15, 0.2) is 0 Å². The summed E-state index contributed by atoms with van der Waals surface area (Å²) in [7, 11) is 2.14. The van der Waals surface area contributed by atoms with Gasteiger partial charge in [-0.2, -0.15) is 0 Å². The number of nitrogens with zero attached hydrogens (tertiary/aromatic N) is 5. The number of carbonyl (C=O) groups is 1. The van der Waals surface area contributed by atoms with Crippen LogP contribution in [0.15, 0.2) is 43.0 Å². The maximum absolute atomic E-state index is 12.5. The van der Waals surface area contributed by atoms with E-state index in [-0.39, 0.29) is 5.69 Å². The average molecular weight is 453 g/mol. The molecule has 4 aromatic rings. The first-order chi connectivity index (χ1) is 16.0. The third-order valence-corrected chi connectivity index (χ3v) is 6.06. The zero-order valence-electron chi connectivity index (χ0n) is 18.3. The van der Waals surface area contributed by atoms with Crippen molar-refractivity contribution in [1.29, 1.82) is 0 Å². The standard InChI is InChI=1S/C23H25F2N7O/c1-30-4-6-31(7-5-30)13-15-8-17-18(10-28-22(17)27-9-15)16-2-3-21-26-11-19(32(21)14-16)23(33)29-12-20(24)25/h2-3,8-11,14,20H,4-7,12-13H2,1H3,(H,27,28)(H,29,33). The van der Waals surface area contributed by atoms with Gasteiger partial charge in [-0.3, -0.25) is 14.1 Å². The second kappa shape index (κ2) is 8.87. The molecule has 1 fully saturated rings. The molecular weight excluding hydrogens is 428 g/mol. The summed E-state index contributed by atoms with van der Waals surface area (Å²) in [5, 5.41) is 3.23. The van der Waals surface area contributed by atoms with Crippen LogP contribution in [-0.2, 0) is 6.54 Å². The van der Waals surface area contributed by atoms with Crippen LogP contribution in [0.25, 0.3) is 27.8 Å². The van der Waals surface area contributed by atoms with Gasteiger partial charge in [0, 0.05) is 67.8 Å². The van der Waals surface area contributed by atoms with E-state index in [1.165, 1.54) is 6.20 Å². The lowest BCUT2D eigenvalue weighted by molar-refractivity contribution is 0.0886. The zero-order valence-corrected chi connectivity index (χ0v) is 18.3. The molecule has 1 aliphatic heterocycles. The van der Waals surface area contributed by atoms with Gasteiger partial charge in [-0.25, -0.2) is 18.7 Å². The van der Waals surface area contributed by atoms with Gasteiger partial charge in [-0.15, -0.1) is 0 Å². The third kappa shape index (κ3) is 4.44. The van der Waals surface area contributed by atoms with Crippen molar-refractivity contribution >= 4 is 22.6 Å². The fraction of sp³-hybridized carbons (Fsp3) is 0.348. The predicted octanol–water partition coefficient (Wildman–Crippen LogP) is 2.62. The fourth-order valence-corrected chi connectivity index (χ4v) is 4.20. The molecule has 5 rings (SSSR count). The first-order valence-corrected chi connectivity index (χ1v) is 10.9. The molecule has 1 saturated heterocycles. The van der Waals surface area contributed by atoms with E-state index < -0.39 is 18.9 Å². The van der Waals surface area contributed by atoms with Crippen LogP contribution in [0, 0.1) is 0 Å². The molecule has 33 heavy (non-hydrogen) atoms. The number of hydrogen-bond donors (Lipinski definition) is 2. The summed E-state index contributed by atoms with van der Waals surface area (Å²) in [6, 6.07) is 5.89. The van der Waals surface area contributed by atoms with Crippen LogP contribution in [0.3, 0.4) is 0 Å². The molecule has 0 aliphatic carbocycles. The smallest absolute Gasteiger partial charge is 0.270 e. The number of imidazole rings is 1. The van der Waals surface area contributed by atoms with Gasteiger partial charge >= 0.3 is 0 Å². The molecule has 0 unspecified atom stereocenters. The number of piperazine rings is 1. The Hall–Kier alpha value is -3.37. The molecule has 1 aliphatic rings. The number of amides is 1. The summed E-state index contributed by atoms with van der Waals surface area (Å²) in [6.07, 6.45) is 4.39. The monoisotopic (exact) mass is 453 g/mol. The van der Waals surface area contributed by atoms with Gasteiger partial charge in [-0.05, 0) is 30.8 Å². The number of pyridine rings is 2. The number of hydrogen-bond acceptors (Lipinski definition) is 5. The Morgan fingerprint density at radius 2 is 2.00 bits per heavy atom. The summed E-state index contributed by atoms with van der Waals surface area (Å²) in [5.74, 6) is -0.588. The lowest BCUT2D eigenvalue weighted by Crippen LogP contribution is -2.43. The normalized spacial score (nSPS) is 15.6. The SMILES string of the molecule is CN1CCN(Cc2cnc3[nH]cc(-c4ccc5ncc(C(=O)NCC(F)F)n5c4)c3c2)CC1. The lowest BCUT2D eigenvalue weighted by Gasteiger charge is -2.32. The molecule has 0 spiro atoms. The van der Waals surface area contributed by atoms with E-state index in [4.69, 9.17) is 0 Å². The number of halogens is 2. The molecule has 2 N–H and O–H groups in total. The maximum atomic E-state index is 12.5. The molecule has 5 heterocycles. The van der Waals surface area contributed by atoms with E-state index in [1.807, 2.05) is 18.5 Å². The molecule has 0 saturated carbocycles. The predicted molar refractivity (Wildman–Crippen MR) is 121 cm³/mol. The third-order valence-electron chi connectivity index (χ3n) is 6.06. The van der Waals surface area contributed by atoms with E-state index in [9.17, 15) is 13.6 Å². The Morgan fingerprint density at radius 3 is 2.79 bits per heavy atom. The topological polar surface area (TPSA) is 81.6 Å².